The van der Waals surface area contributed by atoms with E-state index >= 15 is 0 Å². The molecule has 0 aliphatic heterocycles. The molecule has 1 saturated carbocycles. The van der Waals surface area contributed by atoms with Crippen molar-refractivity contribution in [2.24, 2.45) is 7.05 Å². The van der Waals surface area contributed by atoms with Gasteiger partial charge in [-0.05, 0) is 12.8 Å². The van der Waals surface area contributed by atoms with Crippen LogP contribution in [0.25, 0.3) is 0 Å². The van der Waals surface area contributed by atoms with E-state index in [2.05, 4.69) is 10.3 Å². The van der Waals surface area contributed by atoms with Crippen molar-refractivity contribution in [3.63, 3.8) is 0 Å². The monoisotopic (exact) mass is 193 g/mol. The molecule has 0 atom stereocenters. The maximum absolute atomic E-state index is 11.6. The number of nitrogens with one attached hydrogen (secondary N) is 1. The SMILES string of the molecule is Cn1cnc(C(=O)NC2CCCC2)c1. The molecule has 0 spiro atoms. The van der Waals surface area contributed by atoms with Crippen molar-refractivity contribution in [3.05, 3.63) is 18.2 Å². The van der Waals surface area contributed by atoms with E-state index in [-0.39, 0.29) is 5.91 Å². The Morgan fingerprint density at radius 3 is 2.86 bits per heavy atom. The fraction of sp³-hybridized carbons (Fsp3) is 0.600. The summed E-state index contributed by atoms with van der Waals surface area (Å²) in [6, 6.07) is 0.365. The Hall–Kier alpha value is -1.32. The van der Waals surface area contributed by atoms with Crippen molar-refractivity contribution in [2.75, 3.05) is 0 Å². The predicted molar refractivity (Wildman–Crippen MR) is 52.9 cm³/mol. The molecule has 1 amide bonds. The van der Waals surface area contributed by atoms with E-state index in [9.17, 15) is 4.79 Å². The fourth-order valence-corrected chi connectivity index (χ4v) is 1.86. The summed E-state index contributed by atoms with van der Waals surface area (Å²) >= 11 is 0. The van der Waals surface area contributed by atoms with Gasteiger partial charge in [-0.1, -0.05) is 12.8 Å². The van der Waals surface area contributed by atoms with E-state index in [1.807, 2.05) is 7.05 Å². The molecule has 1 aromatic rings. The lowest BCUT2D eigenvalue weighted by molar-refractivity contribution is 0.0933. The number of rotatable bonds is 2. The molecule has 2 rings (SSSR count). The van der Waals surface area contributed by atoms with Crippen LogP contribution in [0.3, 0.4) is 0 Å². The van der Waals surface area contributed by atoms with E-state index in [1.165, 1.54) is 12.8 Å². The number of nitrogens with zero attached hydrogens (tertiary/aromatic N) is 2. The Labute approximate surface area is 83.3 Å². The summed E-state index contributed by atoms with van der Waals surface area (Å²) in [5, 5.41) is 2.99. The molecule has 14 heavy (non-hydrogen) atoms. The lowest BCUT2D eigenvalue weighted by Gasteiger charge is -2.09. The second kappa shape index (κ2) is 3.82. The lowest BCUT2D eigenvalue weighted by Crippen LogP contribution is -2.32. The molecule has 1 aliphatic carbocycles. The topological polar surface area (TPSA) is 46.9 Å². The van der Waals surface area contributed by atoms with Crippen molar-refractivity contribution >= 4 is 5.91 Å². The summed E-state index contributed by atoms with van der Waals surface area (Å²) in [5.74, 6) is -0.0440. The molecule has 0 unspecified atom stereocenters. The smallest absolute Gasteiger partial charge is 0.271 e. The lowest BCUT2D eigenvalue weighted by atomic mass is 10.2. The summed E-state index contributed by atoms with van der Waals surface area (Å²) in [4.78, 5) is 15.6. The minimum absolute atomic E-state index is 0.0440. The van der Waals surface area contributed by atoms with Gasteiger partial charge in [0.2, 0.25) is 0 Å². The molecule has 4 heteroatoms. The number of hydrogen-bond acceptors (Lipinski definition) is 2. The first-order valence-electron chi connectivity index (χ1n) is 5.04. The van der Waals surface area contributed by atoms with Crippen LogP contribution >= 0.6 is 0 Å². The Morgan fingerprint density at radius 2 is 2.29 bits per heavy atom. The molecule has 4 nitrogen and oxygen atoms in total. The zero-order valence-corrected chi connectivity index (χ0v) is 8.36. The van der Waals surface area contributed by atoms with Crippen LogP contribution in [-0.4, -0.2) is 21.5 Å². The summed E-state index contributed by atoms with van der Waals surface area (Å²) in [7, 11) is 1.86. The van der Waals surface area contributed by atoms with E-state index in [4.69, 9.17) is 0 Å². The van der Waals surface area contributed by atoms with E-state index < -0.39 is 0 Å². The van der Waals surface area contributed by atoms with Gasteiger partial charge in [0.05, 0.1) is 6.33 Å². The summed E-state index contributed by atoms with van der Waals surface area (Å²) < 4.78 is 1.78. The maximum atomic E-state index is 11.6. The molecule has 0 radical (unpaired) electrons. The van der Waals surface area contributed by atoms with Gasteiger partial charge in [0.25, 0.3) is 5.91 Å². The van der Waals surface area contributed by atoms with Gasteiger partial charge in [-0.3, -0.25) is 4.79 Å². The molecule has 0 bridgehead atoms. The highest BCUT2D eigenvalue weighted by Crippen LogP contribution is 2.17. The van der Waals surface area contributed by atoms with Crippen molar-refractivity contribution in [1.82, 2.24) is 14.9 Å². The van der Waals surface area contributed by atoms with Crippen LogP contribution in [-0.2, 0) is 7.05 Å². The second-order valence-corrected chi connectivity index (χ2v) is 3.88. The van der Waals surface area contributed by atoms with E-state index in [0.29, 0.717) is 11.7 Å². The van der Waals surface area contributed by atoms with Crippen LogP contribution < -0.4 is 5.32 Å². The number of aryl methyl sites for hydroxylation is 1. The van der Waals surface area contributed by atoms with E-state index in [1.54, 1.807) is 17.1 Å². The van der Waals surface area contributed by atoms with Gasteiger partial charge in [0.15, 0.2) is 0 Å². The highest BCUT2D eigenvalue weighted by molar-refractivity contribution is 5.92. The highest BCUT2D eigenvalue weighted by atomic mass is 16.1. The zero-order valence-electron chi connectivity index (χ0n) is 8.36. The van der Waals surface area contributed by atoms with Gasteiger partial charge in [0.1, 0.15) is 5.69 Å². The first-order chi connectivity index (χ1) is 6.75. The summed E-state index contributed by atoms with van der Waals surface area (Å²) in [6.45, 7) is 0. The summed E-state index contributed by atoms with van der Waals surface area (Å²) in [5.41, 5.74) is 0.513. The number of hydrogen-bond donors (Lipinski definition) is 1. The number of carbonyl (C=O) groups is 1. The molecule has 0 aromatic carbocycles. The predicted octanol–water partition coefficient (Wildman–Crippen LogP) is 1.09. The molecule has 1 aromatic heterocycles. The van der Waals surface area contributed by atoms with Crippen molar-refractivity contribution in [3.8, 4) is 0 Å². The molecular formula is C10H15N3O. The van der Waals surface area contributed by atoms with Gasteiger partial charge >= 0.3 is 0 Å². The summed E-state index contributed by atoms with van der Waals surface area (Å²) in [6.07, 6.45) is 8.06. The van der Waals surface area contributed by atoms with Gasteiger partial charge < -0.3 is 9.88 Å². The average Bonchev–Trinajstić information content (AvgIpc) is 2.75. The van der Waals surface area contributed by atoms with Crippen molar-refractivity contribution < 1.29 is 4.79 Å². The number of imidazole rings is 1. The minimum Gasteiger partial charge on any atom is -0.348 e. The van der Waals surface area contributed by atoms with Gasteiger partial charge in [0, 0.05) is 19.3 Å². The average molecular weight is 193 g/mol. The third-order valence-electron chi connectivity index (χ3n) is 2.63. The van der Waals surface area contributed by atoms with Crippen LogP contribution in [0.4, 0.5) is 0 Å². The molecule has 76 valence electrons. The number of carbonyl (C=O) groups excluding carboxylic acids is 1. The Bertz CT molecular complexity index is 326. The maximum Gasteiger partial charge on any atom is 0.271 e. The quantitative estimate of drug-likeness (QED) is 0.764. The minimum atomic E-state index is -0.0440. The zero-order chi connectivity index (χ0) is 9.97. The normalized spacial score (nSPS) is 17.2. The van der Waals surface area contributed by atoms with Gasteiger partial charge in [-0.15, -0.1) is 0 Å². The number of amides is 1. The first-order valence-corrected chi connectivity index (χ1v) is 5.04. The second-order valence-electron chi connectivity index (χ2n) is 3.88. The fourth-order valence-electron chi connectivity index (χ4n) is 1.86. The highest BCUT2D eigenvalue weighted by Gasteiger charge is 2.18. The molecule has 1 fully saturated rings. The Morgan fingerprint density at radius 1 is 1.57 bits per heavy atom. The Balaban J connectivity index is 1.95. The van der Waals surface area contributed by atoms with Crippen LogP contribution in [0, 0.1) is 0 Å². The molecule has 0 saturated heterocycles. The van der Waals surface area contributed by atoms with Crippen molar-refractivity contribution in [1.29, 1.82) is 0 Å². The standard InChI is InChI=1S/C10H15N3O/c1-13-6-9(11-7-13)10(14)12-8-4-2-3-5-8/h6-8H,2-5H2,1H3,(H,12,14). The molecule has 1 heterocycles. The van der Waals surface area contributed by atoms with E-state index in [0.717, 1.165) is 12.8 Å². The van der Waals surface area contributed by atoms with Crippen LogP contribution in [0.5, 0.6) is 0 Å². The van der Waals surface area contributed by atoms with Crippen LogP contribution in [0.2, 0.25) is 0 Å². The molecule has 1 N–H and O–H groups in total. The van der Waals surface area contributed by atoms with Crippen LogP contribution in [0.1, 0.15) is 36.2 Å². The first kappa shape index (κ1) is 9.24. The number of aromatic nitrogens is 2. The van der Waals surface area contributed by atoms with Crippen LogP contribution in [0.15, 0.2) is 12.5 Å². The van der Waals surface area contributed by atoms with Gasteiger partial charge in [-0.25, -0.2) is 4.98 Å². The Kier molecular flexibility index (Phi) is 2.52. The molecular weight excluding hydrogens is 178 g/mol. The molecule has 1 aliphatic rings. The third-order valence-corrected chi connectivity index (χ3v) is 2.63. The third kappa shape index (κ3) is 1.95. The largest absolute Gasteiger partial charge is 0.348 e. The van der Waals surface area contributed by atoms with Gasteiger partial charge in [-0.2, -0.15) is 0 Å². The van der Waals surface area contributed by atoms with Crippen molar-refractivity contribution in [2.45, 2.75) is 31.7 Å².